The van der Waals surface area contributed by atoms with Gasteiger partial charge in [-0.2, -0.15) is 24.9 Å². The SMILES string of the molecule is CN1C=CN(c2[c-]c(Oc3[c-]c(C4(c5ccccn5)c5ccccc5Sc5ccccc54)ccc3)ccc2)[CH-]1.[Pt]. The van der Waals surface area contributed by atoms with Gasteiger partial charge >= 0.3 is 0 Å². The average Bonchev–Trinajstić information content (AvgIpc) is 3.43. The van der Waals surface area contributed by atoms with Crippen LogP contribution in [0, 0.1) is 18.8 Å². The van der Waals surface area contributed by atoms with E-state index >= 15 is 0 Å². The first-order valence-corrected chi connectivity index (χ1v) is 13.6. The molecule has 7 rings (SSSR count). The number of anilines is 1. The Hall–Kier alpha value is -3.79. The van der Waals surface area contributed by atoms with Crippen molar-refractivity contribution in [3.05, 3.63) is 163 Å². The minimum Gasteiger partial charge on any atom is -0.510 e. The van der Waals surface area contributed by atoms with Gasteiger partial charge in [0.1, 0.15) is 0 Å². The minimum atomic E-state index is -0.648. The molecule has 40 heavy (non-hydrogen) atoms. The summed E-state index contributed by atoms with van der Waals surface area (Å²) in [5, 5.41) is 0. The summed E-state index contributed by atoms with van der Waals surface area (Å²) >= 11 is 1.80. The maximum Gasteiger partial charge on any atom is 0.0673 e. The average molecular weight is 718 g/mol. The van der Waals surface area contributed by atoms with Crippen LogP contribution in [0.5, 0.6) is 11.5 Å². The first-order valence-electron chi connectivity index (χ1n) is 12.8. The fourth-order valence-electron chi connectivity index (χ4n) is 5.37. The van der Waals surface area contributed by atoms with E-state index in [1.165, 1.54) is 20.9 Å². The van der Waals surface area contributed by atoms with Crippen LogP contribution < -0.4 is 9.64 Å². The van der Waals surface area contributed by atoms with Crippen molar-refractivity contribution in [2.75, 3.05) is 11.9 Å². The van der Waals surface area contributed by atoms with Crippen molar-refractivity contribution in [2.45, 2.75) is 15.2 Å². The van der Waals surface area contributed by atoms with Gasteiger partial charge in [-0.05, 0) is 54.8 Å². The third-order valence-corrected chi connectivity index (χ3v) is 8.20. The number of benzene rings is 4. The number of ether oxygens (including phenoxy) is 1. The van der Waals surface area contributed by atoms with Crippen LogP contribution in [0.1, 0.15) is 22.4 Å². The molecule has 0 unspecified atom stereocenters. The van der Waals surface area contributed by atoms with Gasteiger partial charge in [0.15, 0.2) is 0 Å². The molecule has 200 valence electrons. The summed E-state index contributed by atoms with van der Waals surface area (Å²) in [5.74, 6) is 1.26. The van der Waals surface area contributed by atoms with Gasteiger partial charge in [-0.1, -0.05) is 54.2 Å². The first kappa shape index (κ1) is 26.4. The van der Waals surface area contributed by atoms with E-state index in [2.05, 4.69) is 78.9 Å². The zero-order valence-corrected chi connectivity index (χ0v) is 24.7. The number of pyridine rings is 1. The predicted molar refractivity (Wildman–Crippen MR) is 155 cm³/mol. The summed E-state index contributed by atoms with van der Waals surface area (Å²) in [6.07, 6.45) is 5.86. The Morgan fingerprint density at radius 3 is 2.10 bits per heavy atom. The molecule has 3 heterocycles. The van der Waals surface area contributed by atoms with Crippen LogP contribution in [0.4, 0.5) is 5.69 Å². The van der Waals surface area contributed by atoms with Gasteiger partial charge in [0, 0.05) is 48.6 Å². The Labute approximate surface area is 253 Å². The quantitative estimate of drug-likeness (QED) is 0.171. The minimum absolute atomic E-state index is 0. The summed E-state index contributed by atoms with van der Waals surface area (Å²) < 4.78 is 6.38. The zero-order chi connectivity index (χ0) is 26.2. The topological polar surface area (TPSA) is 28.6 Å². The van der Waals surface area contributed by atoms with E-state index in [-0.39, 0.29) is 21.1 Å². The molecule has 0 radical (unpaired) electrons. The summed E-state index contributed by atoms with van der Waals surface area (Å²) in [4.78, 5) is 11.4. The van der Waals surface area contributed by atoms with Gasteiger partial charge in [0.2, 0.25) is 0 Å². The second kappa shape index (κ2) is 11.0. The predicted octanol–water partition coefficient (Wildman–Crippen LogP) is 7.66. The van der Waals surface area contributed by atoms with E-state index in [0.717, 1.165) is 16.9 Å². The van der Waals surface area contributed by atoms with E-state index in [1.807, 2.05) is 78.5 Å². The van der Waals surface area contributed by atoms with Crippen molar-refractivity contribution < 1.29 is 25.8 Å². The van der Waals surface area contributed by atoms with Crippen LogP contribution in [0.15, 0.2) is 132 Å². The van der Waals surface area contributed by atoms with Crippen molar-refractivity contribution in [3.8, 4) is 11.5 Å². The third-order valence-electron chi connectivity index (χ3n) is 7.04. The molecule has 0 fully saturated rings. The molecule has 4 nitrogen and oxygen atoms in total. The van der Waals surface area contributed by atoms with Crippen molar-refractivity contribution >= 4 is 17.4 Å². The number of hydrogen-bond donors (Lipinski definition) is 0. The van der Waals surface area contributed by atoms with Gasteiger partial charge in [0.05, 0.1) is 11.1 Å². The van der Waals surface area contributed by atoms with Crippen molar-refractivity contribution in [1.82, 2.24) is 9.88 Å². The summed E-state index contributed by atoms with van der Waals surface area (Å²) in [6, 6.07) is 42.4. The molecule has 1 aromatic heterocycles. The second-order valence-corrected chi connectivity index (χ2v) is 10.6. The molecule has 0 spiro atoms. The zero-order valence-electron chi connectivity index (χ0n) is 21.6. The summed E-state index contributed by atoms with van der Waals surface area (Å²) in [5.41, 5.74) is 4.57. The largest absolute Gasteiger partial charge is 0.510 e. The molecule has 5 aromatic rings. The van der Waals surface area contributed by atoms with Crippen LogP contribution in [0.25, 0.3) is 0 Å². The number of nitrogens with zero attached hydrogens (tertiary/aromatic N) is 3. The standard InChI is InChI=1S/C34H24N3OS.Pt/c1-36-20-21-37(24-36)26-11-9-13-28(23-26)38-27-12-8-10-25(22-27)34(33-18-6-7-19-35-33)29-14-2-4-16-31(29)39-32-17-5-3-15-30(32)34;/h2-21,24H,1H3;/q-3;. The Morgan fingerprint density at radius 1 is 0.750 bits per heavy atom. The Bertz CT molecular complexity index is 1640. The number of hydrogen-bond acceptors (Lipinski definition) is 5. The normalized spacial score (nSPS) is 14.7. The molecular formula is C34H24N3OPtS-3. The van der Waals surface area contributed by atoms with Crippen LogP contribution in [-0.4, -0.2) is 16.9 Å². The Morgan fingerprint density at radius 2 is 1.43 bits per heavy atom. The number of rotatable bonds is 5. The van der Waals surface area contributed by atoms with Crippen LogP contribution >= 0.6 is 11.8 Å². The van der Waals surface area contributed by atoms with E-state index < -0.39 is 5.41 Å². The number of aromatic nitrogens is 1. The molecule has 6 heteroatoms. The Balaban J connectivity index is 0.00000289. The maximum atomic E-state index is 6.38. The molecular weight excluding hydrogens is 694 g/mol. The monoisotopic (exact) mass is 717 g/mol. The number of fused-ring (bicyclic) bond motifs is 2. The third kappa shape index (κ3) is 4.53. The van der Waals surface area contributed by atoms with Crippen LogP contribution in [0.2, 0.25) is 0 Å². The van der Waals surface area contributed by atoms with Gasteiger partial charge in [-0.3, -0.25) is 4.98 Å². The van der Waals surface area contributed by atoms with Crippen LogP contribution in [0.3, 0.4) is 0 Å². The second-order valence-electron chi connectivity index (χ2n) is 9.48. The fraction of sp³-hybridized carbons (Fsp3) is 0.0588. The van der Waals surface area contributed by atoms with Gasteiger partial charge in [-0.25, -0.2) is 0 Å². The molecule has 0 saturated carbocycles. The first-order chi connectivity index (χ1) is 19.2. The molecule has 4 aromatic carbocycles. The fourth-order valence-corrected chi connectivity index (χ4v) is 6.56. The van der Waals surface area contributed by atoms with E-state index in [1.54, 1.807) is 11.8 Å². The molecule has 0 aliphatic carbocycles. The molecule has 0 amide bonds. The van der Waals surface area contributed by atoms with E-state index in [0.29, 0.717) is 11.5 Å². The van der Waals surface area contributed by atoms with E-state index in [9.17, 15) is 0 Å². The molecule has 2 aliphatic heterocycles. The molecule has 2 aliphatic rings. The molecule has 0 bridgehead atoms. The molecule has 0 N–H and O–H groups in total. The molecule has 0 atom stereocenters. The van der Waals surface area contributed by atoms with Crippen molar-refractivity contribution in [2.24, 2.45) is 0 Å². The van der Waals surface area contributed by atoms with Crippen molar-refractivity contribution in [1.29, 1.82) is 0 Å². The molecule has 0 saturated heterocycles. The smallest absolute Gasteiger partial charge is 0.0673 e. The summed E-state index contributed by atoms with van der Waals surface area (Å²) in [7, 11) is 1.99. The maximum absolute atomic E-state index is 6.38. The summed E-state index contributed by atoms with van der Waals surface area (Å²) in [6.45, 7) is 1.99. The van der Waals surface area contributed by atoms with Gasteiger partial charge < -0.3 is 14.5 Å². The Kier molecular flexibility index (Phi) is 7.27. The van der Waals surface area contributed by atoms with E-state index in [4.69, 9.17) is 9.72 Å². The van der Waals surface area contributed by atoms with Gasteiger partial charge in [0.25, 0.3) is 0 Å². The van der Waals surface area contributed by atoms with Crippen molar-refractivity contribution in [3.63, 3.8) is 0 Å². The van der Waals surface area contributed by atoms with Gasteiger partial charge in [-0.15, -0.1) is 41.6 Å². The van der Waals surface area contributed by atoms with Crippen LogP contribution in [-0.2, 0) is 26.5 Å².